The van der Waals surface area contributed by atoms with Gasteiger partial charge in [0.2, 0.25) is 0 Å². The number of piperidine rings is 2. The zero-order valence-electron chi connectivity index (χ0n) is 17.4. The van der Waals surface area contributed by atoms with Crippen LogP contribution in [0.1, 0.15) is 37.7 Å². The normalized spacial score (nSPS) is 18.5. The zero-order valence-corrected chi connectivity index (χ0v) is 17.4. The summed E-state index contributed by atoms with van der Waals surface area (Å²) in [5.74, 6) is 0.644. The Morgan fingerprint density at radius 3 is 2.43 bits per heavy atom. The third-order valence-electron chi connectivity index (χ3n) is 5.91. The number of nitrogens with one attached hydrogen (secondary N) is 1. The molecule has 0 aliphatic carbocycles. The van der Waals surface area contributed by atoms with Crippen molar-refractivity contribution in [3.05, 3.63) is 59.9 Å². The van der Waals surface area contributed by atoms with Crippen molar-refractivity contribution in [2.75, 3.05) is 36.4 Å². The first-order valence-corrected chi connectivity index (χ1v) is 11.0. The van der Waals surface area contributed by atoms with Crippen LogP contribution in [0.4, 0.5) is 15.8 Å². The molecule has 0 spiro atoms. The molecular formula is C24H31FN4O. The molecule has 2 aromatic carbocycles. The molecule has 2 N–H and O–H groups in total. The quantitative estimate of drug-likeness (QED) is 0.585. The summed E-state index contributed by atoms with van der Waals surface area (Å²) in [5, 5.41) is 13.1. The van der Waals surface area contributed by atoms with E-state index in [0.717, 1.165) is 30.3 Å². The van der Waals surface area contributed by atoms with Crippen LogP contribution in [0, 0.1) is 5.82 Å². The molecule has 0 radical (unpaired) electrons. The van der Waals surface area contributed by atoms with Crippen molar-refractivity contribution in [2.45, 2.75) is 44.8 Å². The lowest BCUT2D eigenvalue weighted by molar-refractivity contribution is 0.145. The van der Waals surface area contributed by atoms with Crippen LogP contribution in [0.5, 0.6) is 0 Å². The van der Waals surface area contributed by atoms with E-state index in [1.165, 1.54) is 19.3 Å². The van der Waals surface area contributed by atoms with E-state index < -0.39 is 0 Å². The highest BCUT2D eigenvalue weighted by Crippen LogP contribution is 2.24. The molecule has 2 fully saturated rings. The fourth-order valence-corrected chi connectivity index (χ4v) is 4.15. The summed E-state index contributed by atoms with van der Waals surface area (Å²) in [4.78, 5) is 9.14. The number of hydrogen-bond acceptors (Lipinski definition) is 3. The number of likely N-dealkylation sites (tertiary alicyclic amines) is 1. The molecule has 0 atom stereocenters. The highest BCUT2D eigenvalue weighted by atomic mass is 19.1. The number of aliphatic hydroxyl groups excluding tert-OH is 1. The third-order valence-corrected chi connectivity index (χ3v) is 5.91. The van der Waals surface area contributed by atoms with Gasteiger partial charge in [-0.25, -0.2) is 9.38 Å². The van der Waals surface area contributed by atoms with Gasteiger partial charge in [-0.05, 0) is 61.9 Å². The lowest BCUT2D eigenvalue weighted by Crippen LogP contribution is -2.40. The van der Waals surface area contributed by atoms with Crippen molar-refractivity contribution >= 4 is 17.3 Å². The van der Waals surface area contributed by atoms with Crippen molar-refractivity contribution in [3.8, 4) is 0 Å². The van der Waals surface area contributed by atoms with Gasteiger partial charge >= 0.3 is 0 Å². The first-order chi connectivity index (χ1) is 14.7. The van der Waals surface area contributed by atoms with E-state index >= 15 is 0 Å². The maximum absolute atomic E-state index is 14.8. The van der Waals surface area contributed by atoms with Gasteiger partial charge in [-0.15, -0.1) is 0 Å². The maximum Gasteiger partial charge on any atom is 0.198 e. The van der Waals surface area contributed by atoms with Gasteiger partial charge in [-0.1, -0.05) is 24.3 Å². The first kappa shape index (κ1) is 20.7. The second kappa shape index (κ2) is 9.94. The Morgan fingerprint density at radius 2 is 1.73 bits per heavy atom. The third kappa shape index (κ3) is 5.30. The summed E-state index contributed by atoms with van der Waals surface area (Å²) in [6.45, 7) is 3.80. The lowest BCUT2D eigenvalue weighted by Gasteiger charge is -2.31. The van der Waals surface area contributed by atoms with Crippen LogP contribution in [0.25, 0.3) is 0 Å². The topological polar surface area (TPSA) is 51.1 Å². The van der Waals surface area contributed by atoms with Crippen molar-refractivity contribution in [2.24, 2.45) is 4.99 Å². The molecule has 0 aromatic heterocycles. The van der Waals surface area contributed by atoms with Crippen LogP contribution in [-0.4, -0.2) is 48.2 Å². The Bertz CT molecular complexity index is 844. The molecule has 30 heavy (non-hydrogen) atoms. The van der Waals surface area contributed by atoms with Gasteiger partial charge in [-0.3, -0.25) is 0 Å². The van der Waals surface area contributed by atoms with Gasteiger partial charge in [0.05, 0.1) is 18.3 Å². The minimum absolute atomic E-state index is 0.213. The Balaban J connectivity index is 1.47. The van der Waals surface area contributed by atoms with Crippen molar-refractivity contribution in [1.82, 2.24) is 4.90 Å². The average Bonchev–Trinajstić information content (AvgIpc) is 2.79. The molecule has 0 bridgehead atoms. The maximum atomic E-state index is 14.8. The van der Waals surface area contributed by atoms with Crippen molar-refractivity contribution in [1.29, 1.82) is 0 Å². The second-order valence-corrected chi connectivity index (χ2v) is 8.18. The lowest BCUT2D eigenvalue weighted by atomic mass is 10.1. The number of nitrogens with zero attached hydrogens (tertiary/aromatic N) is 3. The summed E-state index contributed by atoms with van der Waals surface area (Å²) in [6, 6.07) is 15.5. The molecule has 5 nitrogen and oxygen atoms in total. The van der Waals surface area contributed by atoms with Gasteiger partial charge in [0.25, 0.3) is 0 Å². The molecule has 2 aliphatic rings. The highest BCUT2D eigenvalue weighted by molar-refractivity contribution is 5.93. The minimum Gasteiger partial charge on any atom is -0.393 e. The van der Waals surface area contributed by atoms with Crippen molar-refractivity contribution < 1.29 is 9.50 Å². The number of halogens is 1. The highest BCUT2D eigenvalue weighted by Gasteiger charge is 2.20. The number of benzene rings is 2. The van der Waals surface area contributed by atoms with Gasteiger partial charge in [0, 0.05) is 31.9 Å². The van der Waals surface area contributed by atoms with Gasteiger partial charge < -0.3 is 20.2 Å². The fourth-order valence-electron chi connectivity index (χ4n) is 4.15. The Labute approximate surface area is 178 Å². The van der Waals surface area contributed by atoms with E-state index in [4.69, 9.17) is 4.99 Å². The summed E-state index contributed by atoms with van der Waals surface area (Å²) >= 11 is 0. The fraction of sp³-hybridized carbons (Fsp3) is 0.458. The molecule has 160 valence electrons. The van der Waals surface area contributed by atoms with Gasteiger partial charge in [-0.2, -0.15) is 0 Å². The molecule has 2 saturated heterocycles. The number of hydrogen-bond donors (Lipinski definition) is 2. The molecule has 0 unspecified atom stereocenters. The van der Waals surface area contributed by atoms with Crippen LogP contribution in [-0.2, 0) is 6.54 Å². The second-order valence-electron chi connectivity index (χ2n) is 8.18. The number of aliphatic imine (C=N–C) groups is 1. The van der Waals surface area contributed by atoms with Crippen LogP contribution in [0.15, 0.2) is 53.5 Å². The Morgan fingerprint density at radius 1 is 1.00 bits per heavy atom. The van der Waals surface area contributed by atoms with E-state index in [0.29, 0.717) is 38.2 Å². The summed E-state index contributed by atoms with van der Waals surface area (Å²) in [5.41, 5.74) is 2.49. The average molecular weight is 411 g/mol. The van der Waals surface area contributed by atoms with E-state index in [1.54, 1.807) is 6.07 Å². The van der Waals surface area contributed by atoms with Crippen LogP contribution >= 0.6 is 0 Å². The number of rotatable bonds is 4. The van der Waals surface area contributed by atoms with Crippen LogP contribution in [0.2, 0.25) is 0 Å². The Hall–Kier alpha value is -2.60. The van der Waals surface area contributed by atoms with Crippen molar-refractivity contribution in [3.63, 3.8) is 0 Å². The molecule has 4 rings (SSSR count). The molecule has 0 saturated carbocycles. The Kier molecular flexibility index (Phi) is 6.84. The van der Waals surface area contributed by atoms with Gasteiger partial charge in [0.15, 0.2) is 5.96 Å². The van der Waals surface area contributed by atoms with E-state index in [1.807, 2.05) is 47.4 Å². The predicted octanol–water partition coefficient (Wildman–Crippen LogP) is 4.24. The molecule has 2 aliphatic heterocycles. The molecular weight excluding hydrogens is 379 g/mol. The largest absolute Gasteiger partial charge is 0.393 e. The molecule has 0 amide bonds. The number of aliphatic hydroxyl groups is 1. The monoisotopic (exact) mass is 410 g/mol. The molecule has 2 heterocycles. The number of para-hydroxylation sites is 1. The zero-order chi connectivity index (χ0) is 20.8. The van der Waals surface area contributed by atoms with Gasteiger partial charge in [0.1, 0.15) is 5.82 Å². The van der Waals surface area contributed by atoms with E-state index in [2.05, 4.69) is 10.2 Å². The van der Waals surface area contributed by atoms with E-state index in [-0.39, 0.29) is 11.9 Å². The smallest absolute Gasteiger partial charge is 0.198 e. The predicted molar refractivity (Wildman–Crippen MR) is 120 cm³/mol. The summed E-state index contributed by atoms with van der Waals surface area (Å²) < 4.78 is 14.8. The molecule has 2 aromatic rings. The first-order valence-electron chi connectivity index (χ1n) is 11.0. The van der Waals surface area contributed by atoms with Crippen LogP contribution in [0.3, 0.4) is 0 Å². The molecule has 6 heteroatoms. The summed E-state index contributed by atoms with van der Waals surface area (Å²) in [7, 11) is 0. The van der Waals surface area contributed by atoms with Crippen LogP contribution < -0.4 is 10.2 Å². The van der Waals surface area contributed by atoms with E-state index in [9.17, 15) is 9.50 Å². The summed E-state index contributed by atoms with van der Waals surface area (Å²) in [6.07, 6.45) is 4.72. The standard InChI is InChI=1S/C24H31FN4O/c25-22-17-19(9-10-23(22)28-15-11-21(30)12-16-28)18-26-24(29-13-5-2-6-14-29)27-20-7-3-1-4-8-20/h1,3-4,7-10,17,21,30H,2,5-6,11-16,18H2,(H,26,27). The minimum atomic E-state index is -0.261. The number of guanidine groups is 1. The SMILES string of the molecule is OC1CCN(c2ccc(CN=C(Nc3ccccc3)N3CCCCC3)cc2F)CC1. The number of anilines is 2.